The summed E-state index contributed by atoms with van der Waals surface area (Å²) in [6.45, 7) is 4.50. The minimum atomic E-state index is -2.74. The molecule has 5 heteroatoms. The minimum absolute atomic E-state index is 0.348. The van der Waals surface area contributed by atoms with Crippen LogP contribution in [0.5, 0.6) is 0 Å². The molecule has 0 aromatic heterocycles. The molecule has 2 heterocycles. The van der Waals surface area contributed by atoms with Crippen LogP contribution < -0.4 is 5.43 Å². The molecule has 2 fully saturated rings. The predicted molar refractivity (Wildman–Crippen MR) is 69.4 cm³/mol. The number of sulfone groups is 1. The Kier molecular flexibility index (Phi) is 4.10. The quantitative estimate of drug-likeness (QED) is 0.814. The standard InChI is InChI=1S/C12H24N2O2S/c1-10-4-3-5-11(2)14(10)13-12-6-8-17(15,16)9-7-12/h10-13H,3-9H2,1-2H3. The number of nitrogens with zero attached hydrogens (tertiary/aromatic N) is 1. The topological polar surface area (TPSA) is 49.4 Å². The first-order valence-corrected chi connectivity index (χ1v) is 8.55. The van der Waals surface area contributed by atoms with Crippen molar-refractivity contribution in [1.29, 1.82) is 0 Å². The fourth-order valence-corrected chi connectivity index (χ4v) is 4.40. The monoisotopic (exact) mass is 260 g/mol. The Morgan fingerprint density at radius 3 is 2.06 bits per heavy atom. The molecule has 0 radical (unpaired) electrons. The number of hydrazine groups is 1. The number of rotatable bonds is 2. The van der Waals surface area contributed by atoms with Crippen molar-refractivity contribution in [2.24, 2.45) is 0 Å². The summed E-state index contributed by atoms with van der Waals surface area (Å²) in [5, 5.41) is 2.35. The SMILES string of the molecule is CC1CCCC(C)N1NC1CCS(=O)(=O)CC1. The van der Waals surface area contributed by atoms with Gasteiger partial charge in [0.2, 0.25) is 0 Å². The van der Waals surface area contributed by atoms with Crippen LogP contribution in [0.15, 0.2) is 0 Å². The van der Waals surface area contributed by atoms with E-state index in [0.29, 0.717) is 29.6 Å². The van der Waals surface area contributed by atoms with Gasteiger partial charge in [0.05, 0.1) is 11.5 Å². The predicted octanol–water partition coefficient (Wildman–Crippen LogP) is 1.33. The lowest BCUT2D eigenvalue weighted by molar-refractivity contribution is 0.0278. The second kappa shape index (κ2) is 5.24. The molecule has 2 unspecified atom stereocenters. The molecule has 1 N–H and O–H groups in total. The van der Waals surface area contributed by atoms with E-state index in [2.05, 4.69) is 24.3 Å². The molecule has 17 heavy (non-hydrogen) atoms. The first-order chi connectivity index (χ1) is 7.98. The maximum absolute atomic E-state index is 11.4. The lowest BCUT2D eigenvalue weighted by atomic mass is 9.99. The Balaban J connectivity index is 1.88. The summed E-state index contributed by atoms with van der Waals surface area (Å²) in [5.41, 5.74) is 3.56. The van der Waals surface area contributed by atoms with Crippen LogP contribution in [0.2, 0.25) is 0 Å². The average molecular weight is 260 g/mol. The van der Waals surface area contributed by atoms with E-state index in [0.717, 1.165) is 12.8 Å². The van der Waals surface area contributed by atoms with E-state index < -0.39 is 9.84 Å². The second-order valence-corrected chi connectivity index (χ2v) is 7.90. The van der Waals surface area contributed by atoms with Crippen LogP contribution in [0.25, 0.3) is 0 Å². The molecule has 2 atom stereocenters. The lowest BCUT2D eigenvalue weighted by Gasteiger charge is -2.42. The van der Waals surface area contributed by atoms with Crippen molar-refractivity contribution in [3.05, 3.63) is 0 Å². The molecule has 2 aliphatic heterocycles. The number of hydrogen-bond donors (Lipinski definition) is 1. The van der Waals surface area contributed by atoms with E-state index >= 15 is 0 Å². The maximum atomic E-state index is 11.4. The molecule has 0 aliphatic carbocycles. The maximum Gasteiger partial charge on any atom is 0.150 e. The van der Waals surface area contributed by atoms with Gasteiger partial charge in [-0.3, -0.25) is 5.43 Å². The smallest absolute Gasteiger partial charge is 0.150 e. The summed E-state index contributed by atoms with van der Waals surface area (Å²) < 4.78 is 22.8. The largest absolute Gasteiger partial charge is 0.252 e. The molecule has 0 spiro atoms. The van der Waals surface area contributed by atoms with Gasteiger partial charge < -0.3 is 0 Å². The van der Waals surface area contributed by atoms with E-state index in [-0.39, 0.29) is 0 Å². The minimum Gasteiger partial charge on any atom is -0.252 e. The van der Waals surface area contributed by atoms with Crippen molar-refractivity contribution in [3.8, 4) is 0 Å². The van der Waals surface area contributed by atoms with Gasteiger partial charge in [0, 0.05) is 18.1 Å². The molecule has 100 valence electrons. The average Bonchev–Trinajstić information content (AvgIpc) is 2.26. The van der Waals surface area contributed by atoms with Crippen LogP contribution in [0.3, 0.4) is 0 Å². The van der Waals surface area contributed by atoms with E-state index in [1.54, 1.807) is 0 Å². The molecule has 2 aliphatic rings. The first-order valence-electron chi connectivity index (χ1n) is 6.73. The first kappa shape index (κ1) is 13.3. The zero-order chi connectivity index (χ0) is 12.5. The van der Waals surface area contributed by atoms with Gasteiger partial charge in [0.25, 0.3) is 0 Å². The Morgan fingerprint density at radius 2 is 1.53 bits per heavy atom. The van der Waals surface area contributed by atoms with Crippen LogP contribution in [0.4, 0.5) is 0 Å². The molecule has 0 saturated carbocycles. The highest BCUT2D eigenvalue weighted by Gasteiger charge is 2.29. The highest BCUT2D eigenvalue weighted by atomic mass is 32.2. The molecule has 0 bridgehead atoms. The molecule has 0 aromatic carbocycles. The molecule has 0 aromatic rings. The van der Waals surface area contributed by atoms with Gasteiger partial charge in [-0.1, -0.05) is 6.42 Å². The highest BCUT2D eigenvalue weighted by molar-refractivity contribution is 7.91. The van der Waals surface area contributed by atoms with Gasteiger partial charge in [-0.05, 0) is 39.5 Å². The summed E-state index contributed by atoms with van der Waals surface area (Å²) in [4.78, 5) is 0. The summed E-state index contributed by atoms with van der Waals surface area (Å²) in [6, 6.07) is 1.48. The van der Waals surface area contributed by atoms with E-state index in [9.17, 15) is 8.42 Å². The summed E-state index contributed by atoms with van der Waals surface area (Å²) >= 11 is 0. The third kappa shape index (κ3) is 3.42. The van der Waals surface area contributed by atoms with Crippen molar-refractivity contribution >= 4 is 9.84 Å². The fraction of sp³-hybridized carbons (Fsp3) is 1.00. The Labute approximate surface area is 105 Å². The number of hydrogen-bond acceptors (Lipinski definition) is 4. The Bertz CT molecular complexity index is 332. The van der Waals surface area contributed by atoms with Gasteiger partial charge in [0.1, 0.15) is 9.84 Å². The Morgan fingerprint density at radius 1 is 1.00 bits per heavy atom. The number of piperidine rings is 1. The van der Waals surface area contributed by atoms with Crippen LogP contribution in [-0.4, -0.2) is 43.1 Å². The van der Waals surface area contributed by atoms with Gasteiger partial charge in [-0.15, -0.1) is 0 Å². The Hall–Kier alpha value is -0.130. The third-order valence-corrected chi connectivity index (χ3v) is 5.80. The van der Waals surface area contributed by atoms with Crippen molar-refractivity contribution < 1.29 is 8.42 Å². The zero-order valence-electron chi connectivity index (χ0n) is 10.9. The van der Waals surface area contributed by atoms with Crippen molar-refractivity contribution in [2.45, 2.75) is 64.1 Å². The molecule has 2 rings (SSSR count). The van der Waals surface area contributed by atoms with Crippen LogP contribution in [0, 0.1) is 0 Å². The molecular formula is C12H24N2O2S. The molecule has 0 amide bonds. The van der Waals surface area contributed by atoms with Crippen LogP contribution in [0.1, 0.15) is 46.0 Å². The van der Waals surface area contributed by atoms with E-state index in [1.165, 1.54) is 19.3 Å². The zero-order valence-corrected chi connectivity index (χ0v) is 11.7. The van der Waals surface area contributed by atoms with Gasteiger partial charge in [-0.2, -0.15) is 0 Å². The fourth-order valence-electron chi connectivity index (χ4n) is 2.91. The normalized spacial score (nSPS) is 35.9. The van der Waals surface area contributed by atoms with Gasteiger partial charge in [0.15, 0.2) is 0 Å². The van der Waals surface area contributed by atoms with Crippen molar-refractivity contribution in [1.82, 2.24) is 10.4 Å². The summed E-state index contributed by atoms with van der Waals surface area (Å²) in [5.74, 6) is 0.697. The van der Waals surface area contributed by atoms with Crippen molar-refractivity contribution in [3.63, 3.8) is 0 Å². The van der Waals surface area contributed by atoms with E-state index in [4.69, 9.17) is 0 Å². The van der Waals surface area contributed by atoms with E-state index in [1.807, 2.05) is 0 Å². The van der Waals surface area contributed by atoms with Gasteiger partial charge >= 0.3 is 0 Å². The van der Waals surface area contributed by atoms with Crippen LogP contribution >= 0.6 is 0 Å². The lowest BCUT2D eigenvalue weighted by Crippen LogP contribution is -2.56. The summed E-state index contributed by atoms with van der Waals surface area (Å²) in [7, 11) is -2.74. The molecule has 2 saturated heterocycles. The second-order valence-electron chi connectivity index (χ2n) is 5.59. The number of nitrogens with one attached hydrogen (secondary N) is 1. The van der Waals surface area contributed by atoms with Crippen LogP contribution in [-0.2, 0) is 9.84 Å². The molecule has 4 nitrogen and oxygen atoms in total. The third-order valence-electron chi connectivity index (χ3n) is 4.08. The van der Waals surface area contributed by atoms with Gasteiger partial charge in [-0.25, -0.2) is 13.4 Å². The highest BCUT2D eigenvalue weighted by Crippen LogP contribution is 2.22. The van der Waals surface area contributed by atoms with Crippen molar-refractivity contribution in [2.75, 3.05) is 11.5 Å². The summed E-state index contributed by atoms with van der Waals surface area (Å²) in [6.07, 6.45) is 5.31. The molecular weight excluding hydrogens is 236 g/mol.